The normalized spacial score (nSPS) is 30.2. The van der Waals surface area contributed by atoms with E-state index in [0.29, 0.717) is 11.8 Å². The number of carbonyl (C=O) groups is 1. The van der Waals surface area contributed by atoms with Gasteiger partial charge < -0.3 is 5.11 Å². The van der Waals surface area contributed by atoms with Crippen LogP contribution in [-0.2, 0) is 14.6 Å². The Bertz CT molecular complexity index is 277. The zero-order valence-corrected chi connectivity index (χ0v) is 11.9. The first-order valence-corrected chi connectivity index (χ1v) is 6.87. The molecule has 0 aromatic carbocycles. The summed E-state index contributed by atoms with van der Waals surface area (Å²) in [5.41, 5.74) is -0.0954. The zero-order chi connectivity index (χ0) is 13.8. The summed E-state index contributed by atoms with van der Waals surface area (Å²) in [6.07, 6.45) is 3.96. The van der Waals surface area contributed by atoms with Crippen LogP contribution in [0.5, 0.6) is 0 Å². The molecule has 1 saturated carbocycles. The predicted octanol–water partition coefficient (Wildman–Crippen LogP) is 2.69. The van der Waals surface area contributed by atoms with E-state index < -0.39 is 12.1 Å². The third-order valence-corrected chi connectivity index (χ3v) is 4.31. The second-order valence-corrected chi connectivity index (χ2v) is 5.93. The van der Waals surface area contributed by atoms with Crippen LogP contribution in [0, 0.1) is 17.3 Å². The lowest BCUT2D eigenvalue weighted by Gasteiger charge is -2.46. The Hall–Kier alpha value is -0.610. The second-order valence-electron chi connectivity index (χ2n) is 5.93. The Morgan fingerprint density at radius 3 is 2.61 bits per heavy atom. The van der Waals surface area contributed by atoms with Crippen LogP contribution in [-0.4, -0.2) is 23.8 Å². The Morgan fingerprint density at radius 2 is 2.17 bits per heavy atom. The van der Waals surface area contributed by atoms with Gasteiger partial charge in [-0.05, 0) is 24.7 Å². The first-order chi connectivity index (χ1) is 8.42. The average molecular weight is 258 g/mol. The van der Waals surface area contributed by atoms with E-state index in [0.717, 1.165) is 19.3 Å². The maximum Gasteiger partial charge on any atom is 0.339 e. The third-order valence-electron chi connectivity index (χ3n) is 4.31. The third kappa shape index (κ3) is 3.45. The van der Waals surface area contributed by atoms with Crippen LogP contribution < -0.4 is 0 Å². The van der Waals surface area contributed by atoms with Gasteiger partial charge in [0.1, 0.15) is 6.10 Å². The van der Waals surface area contributed by atoms with Crippen molar-refractivity contribution >= 4 is 5.97 Å². The Labute approximate surface area is 110 Å². The molecule has 0 radical (unpaired) electrons. The first-order valence-electron chi connectivity index (χ1n) is 6.87. The number of rotatable bonds is 5. The molecular weight excluding hydrogens is 232 g/mol. The highest BCUT2D eigenvalue weighted by Gasteiger charge is 2.45. The first kappa shape index (κ1) is 15.4. The molecular formula is C14H26O4. The largest absolute Gasteiger partial charge is 0.393 e. The molecule has 106 valence electrons. The van der Waals surface area contributed by atoms with Gasteiger partial charge in [-0.1, -0.05) is 33.6 Å². The smallest absolute Gasteiger partial charge is 0.339 e. The molecule has 0 spiro atoms. The molecule has 1 fully saturated rings. The highest BCUT2D eigenvalue weighted by atomic mass is 17.2. The highest BCUT2D eigenvalue weighted by Crippen LogP contribution is 2.48. The van der Waals surface area contributed by atoms with Gasteiger partial charge in [-0.3, -0.25) is 4.89 Å². The number of hydrogen-bond acceptors (Lipinski definition) is 4. The summed E-state index contributed by atoms with van der Waals surface area (Å²) in [5, 5.41) is 9.58. The maximum absolute atomic E-state index is 10.9. The standard InChI is InChI=1S/C14H26O4/c1-10(2)14(7-5-6-11(3)8-14)13(9-15)18-17-12(4)16/h10-11,13,15H,5-9H2,1-4H3. The average Bonchev–Trinajstić information content (AvgIpc) is 2.29. The van der Waals surface area contributed by atoms with E-state index in [4.69, 9.17) is 4.89 Å². The van der Waals surface area contributed by atoms with Gasteiger partial charge in [-0.2, -0.15) is 4.89 Å². The summed E-state index contributed by atoms with van der Waals surface area (Å²) in [5.74, 6) is 0.528. The van der Waals surface area contributed by atoms with E-state index in [1.807, 2.05) is 0 Å². The van der Waals surface area contributed by atoms with Crippen LogP contribution >= 0.6 is 0 Å². The van der Waals surface area contributed by atoms with Crippen molar-refractivity contribution < 1.29 is 19.7 Å². The van der Waals surface area contributed by atoms with Crippen molar-refractivity contribution in [2.24, 2.45) is 17.3 Å². The number of hydrogen-bond donors (Lipinski definition) is 1. The van der Waals surface area contributed by atoms with Gasteiger partial charge in [0.15, 0.2) is 0 Å². The quantitative estimate of drug-likeness (QED) is 0.608. The molecule has 1 aliphatic rings. The summed E-state index contributed by atoms with van der Waals surface area (Å²) in [6.45, 7) is 7.73. The summed E-state index contributed by atoms with van der Waals surface area (Å²) >= 11 is 0. The van der Waals surface area contributed by atoms with Gasteiger partial charge in [0, 0.05) is 12.3 Å². The molecule has 0 saturated heterocycles. The minimum absolute atomic E-state index is 0.0954. The Kier molecular flexibility index (Phi) is 5.60. The van der Waals surface area contributed by atoms with Crippen molar-refractivity contribution in [1.29, 1.82) is 0 Å². The van der Waals surface area contributed by atoms with E-state index >= 15 is 0 Å². The van der Waals surface area contributed by atoms with E-state index in [1.54, 1.807) is 0 Å². The minimum Gasteiger partial charge on any atom is -0.393 e. The van der Waals surface area contributed by atoms with E-state index in [9.17, 15) is 9.90 Å². The van der Waals surface area contributed by atoms with Crippen LogP contribution in [0.1, 0.15) is 53.4 Å². The molecule has 0 aliphatic heterocycles. The fourth-order valence-corrected chi connectivity index (χ4v) is 3.26. The van der Waals surface area contributed by atoms with Crippen LogP contribution in [0.4, 0.5) is 0 Å². The zero-order valence-electron chi connectivity index (χ0n) is 11.9. The van der Waals surface area contributed by atoms with Crippen molar-refractivity contribution in [2.75, 3.05) is 6.61 Å². The summed E-state index contributed by atoms with van der Waals surface area (Å²) in [6, 6.07) is 0. The fourth-order valence-electron chi connectivity index (χ4n) is 3.26. The second kappa shape index (κ2) is 6.53. The van der Waals surface area contributed by atoms with Crippen LogP contribution in [0.3, 0.4) is 0 Å². The van der Waals surface area contributed by atoms with Gasteiger partial charge in [-0.25, -0.2) is 4.79 Å². The molecule has 0 amide bonds. The SMILES string of the molecule is CC(=O)OOC(CO)C1(C(C)C)CCCC(C)C1. The molecule has 4 heteroatoms. The molecule has 1 N–H and O–H groups in total. The lowest BCUT2D eigenvalue weighted by Crippen LogP contribution is -2.47. The van der Waals surface area contributed by atoms with Gasteiger partial charge in [-0.15, -0.1) is 0 Å². The van der Waals surface area contributed by atoms with Gasteiger partial charge in [0.05, 0.1) is 6.61 Å². The van der Waals surface area contributed by atoms with E-state index in [-0.39, 0.29) is 12.0 Å². The topological polar surface area (TPSA) is 55.8 Å². The molecule has 0 heterocycles. The molecule has 4 nitrogen and oxygen atoms in total. The van der Waals surface area contributed by atoms with Gasteiger partial charge in [0.25, 0.3) is 0 Å². The molecule has 1 aliphatic carbocycles. The number of aliphatic hydroxyl groups excluding tert-OH is 1. The van der Waals surface area contributed by atoms with Crippen LogP contribution in [0.25, 0.3) is 0 Å². The molecule has 1 rings (SSSR count). The van der Waals surface area contributed by atoms with Crippen LogP contribution in [0.2, 0.25) is 0 Å². The van der Waals surface area contributed by atoms with Crippen LogP contribution in [0.15, 0.2) is 0 Å². The predicted molar refractivity (Wildman–Crippen MR) is 68.6 cm³/mol. The van der Waals surface area contributed by atoms with Gasteiger partial charge in [0.2, 0.25) is 0 Å². The number of aliphatic hydroxyl groups is 1. The highest BCUT2D eigenvalue weighted by molar-refractivity contribution is 5.65. The van der Waals surface area contributed by atoms with Crippen molar-refractivity contribution in [3.8, 4) is 0 Å². The Balaban J connectivity index is 2.82. The minimum atomic E-state index is -0.476. The lowest BCUT2D eigenvalue weighted by atomic mass is 9.61. The van der Waals surface area contributed by atoms with Crippen molar-refractivity contribution in [2.45, 2.75) is 59.5 Å². The molecule has 3 atom stereocenters. The molecule has 0 aromatic rings. The maximum atomic E-state index is 10.9. The van der Waals surface area contributed by atoms with Crippen molar-refractivity contribution in [1.82, 2.24) is 0 Å². The summed E-state index contributed by atoms with van der Waals surface area (Å²) in [4.78, 5) is 20.7. The van der Waals surface area contributed by atoms with E-state index in [2.05, 4.69) is 25.7 Å². The summed E-state index contributed by atoms with van der Waals surface area (Å²) in [7, 11) is 0. The van der Waals surface area contributed by atoms with Gasteiger partial charge >= 0.3 is 5.97 Å². The van der Waals surface area contributed by atoms with Crippen molar-refractivity contribution in [3.05, 3.63) is 0 Å². The molecule has 0 bridgehead atoms. The lowest BCUT2D eigenvalue weighted by molar-refractivity contribution is -0.329. The number of carbonyl (C=O) groups excluding carboxylic acids is 1. The fraction of sp³-hybridized carbons (Fsp3) is 0.929. The van der Waals surface area contributed by atoms with E-state index in [1.165, 1.54) is 13.3 Å². The Morgan fingerprint density at radius 1 is 1.50 bits per heavy atom. The summed E-state index contributed by atoms with van der Waals surface area (Å²) < 4.78 is 0. The monoisotopic (exact) mass is 258 g/mol. The molecule has 18 heavy (non-hydrogen) atoms. The van der Waals surface area contributed by atoms with Crippen molar-refractivity contribution in [3.63, 3.8) is 0 Å². The molecule has 0 aromatic heterocycles. The molecule has 3 unspecified atom stereocenters.